The van der Waals surface area contributed by atoms with Gasteiger partial charge in [0.1, 0.15) is 12.1 Å². The summed E-state index contributed by atoms with van der Waals surface area (Å²) >= 11 is 0. The molecular formula is C14H26N2O. The lowest BCUT2D eigenvalue weighted by Gasteiger charge is -2.12. The molecule has 1 N–H and O–H groups in total. The fourth-order valence-electron chi connectivity index (χ4n) is 1.16. The molecule has 0 radical (unpaired) electrons. The van der Waals surface area contributed by atoms with E-state index in [4.69, 9.17) is 0 Å². The largest absolute Gasteiger partial charge is 0.344 e. The monoisotopic (exact) mass is 238 g/mol. The second kappa shape index (κ2) is 12.7. The third-order valence-electron chi connectivity index (χ3n) is 2.02. The second-order valence-corrected chi connectivity index (χ2v) is 3.35. The summed E-state index contributed by atoms with van der Waals surface area (Å²) in [7, 11) is 1.73. The summed E-state index contributed by atoms with van der Waals surface area (Å²) in [6, 6.07) is 0. The highest BCUT2D eigenvalue weighted by molar-refractivity contribution is 5.98. The van der Waals surface area contributed by atoms with Gasteiger partial charge in [0.25, 0.3) is 0 Å². The van der Waals surface area contributed by atoms with Crippen LogP contribution in [0.2, 0.25) is 0 Å². The van der Waals surface area contributed by atoms with Gasteiger partial charge in [-0.3, -0.25) is 4.99 Å². The second-order valence-electron chi connectivity index (χ2n) is 3.35. The zero-order chi connectivity index (χ0) is 13.7. The van der Waals surface area contributed by atoms with Crippen LogP contribution >= 0.6 is 0 Å². The van der Waals surface area contributed by atoms with E-state index >= 15 is 0 Å². The molecular weight excluding hydrogens is 212 g/mol. The van der Waals surface area contributed by atoms with E-state index in [2.05, 4.69) is 16.9 Å². The molecule has 98 valence electrons. The average molecular weight is 238 g/mol. The maximum Gasteiger partial charge on any atom is 0.127 e. The van der Waals surface area contributed by atoms with E-state index in [0.717, 1.165) is 36.2 Å². The normalized spacial score (nSPS) is 11.4. The first-order valence-corrected chi connectivity index (χ1v) is 6.14. The molecule has 0 unspecified atom stereocenters. The third-order valence-corrected chi connectivity index (χ3v) is 2.02. The molecule has 0 aliphatic carbocycles. The quantitative estimate of drug-likeness (QED) is 0.333. The topological polar surface area (TPSA) is 41.5 Å². The predicted molar refractivity (Wildman–Crippen MR) is 76.3 cm³/mol. The smallest absolute Gasteiger partial charge is 0.127 e. The SMILES string of the molecule is C=C(C)C(=NC)N/C(=C\C)CCCC=O.CC. The summed E-state index contributed by atoms with van der Waals surface area (Å²) < 4.78 is 0. The van der Waals surface area contributed by atoms with Gasteiger partial charge in [-0.15, -0.1) is 0 Å². The molecule has 0 amide bonds. The molecule has 0 aromatic carbocycles. The molecule has 3 nitrogen and oxygen atoms in total. The van der Waals surface area contributed by atoms with Crippen LogP contribution in [0.15, 0.2) is 28.9 Å². The molecule has 0 aromatic rings. The minimum atomic E-state index is 0.602. The molecule has 0 atom stereocenters. The number of amidine groups is 1. The van der Waals surface area contributed by atoms with Crippen molar-refractivity contribution < 1.29 is 4.79 Å². The van der Waals surface area contributed by atoms with Crippen LogP contribution in [-0.2, 0) is 4.79 Å². The fraction of sp³-hybridized carbons (Fsp3) is 0.571. The Hall–Kier alpha value is -1.38. The van der Waals surface area contributed by atoms with Crippen molar-refractivity contribution in [3.8, 4) is 0 Å². The van der Waals surface area contributed by atoms with Gasteiger partial charge in [0.2, 0.25) is 0 Å². The summed E-state index contributed by atoms with van der Waals surface area (Å²) in [5.41, 5.74) is 1.99. The van der Waals surface area contributed by atoms with E-state index < -0.39 is 0 Å². The van der Waals surface area contributed by atoms with Crippen molar-refractivity contribution in [3.05, 3.63) is 23.9 Å². The van der Waals surface area contributed by atoms with Gasteiger partial charge >= 0.3 is 0 Å². The zero-order valence-electron chi connectivity index (χ0n) is 11.8. The predicted octanol–water partition coefficient (Wildman–Crippen LogP) is 3.48. The van der Waals surface area contributed by atoms with E-state index in [0.29, 0.717) is 6.42 Å². The number of allylic oxidation sites excluding steroid dienone is 2. The Labute approximate surface area is 106 Å². The molecule has 0 saturated heterocycles. The lowest BCUT2D eigenvalue weighted by Crippen LogP contribution is -2.23. The summed E-state index contributed by atoms with van der Waals surface area (Å²) in [6.45, 7) is 11.7. The van der Waals surface area contributed by atoms with Gasteiger partial charge in [0, 0.05) is 19.2 Å². The minimum Gasteiger partial charge on any atom is -0.344 e. The van der Waals surface area contributed by atoms with Crippen molar-refractivity contribution in [2.75, 3.05) is 7.05 Å². The fourth-order valence-corrected chi connectivity index (χ4v) is 1.16. The third kappa shape index (κ3) is 9.54. The molecule has 0 saturated carbocycles. The number of carbonyl (C=O) groups excluding carboxylic acids is 1. The van der Waals surface area contributed by atoms with E-state index in [1.54, 1.807) is 7.05 Å². The van der Waals surface area contributed by atoms with Crippen molar-refractivity contribution >= 4 is 12.1 Å². The molecule has 0 fully saturated rings. The van der Waals surface area contributed by atoms with Crippen molar-refractivity contribution in [2.24, 2.45) is 4.99 Å². The van der Waals surface area contributed by atoms with Crippen LogP contribution in [0.5, 0.6) is 0 Å². The highest BCUT2D eigenvalue weighted by Gasteiger charge is 2.01. The molecule has 0 aromatic heterocycles. The summed E-state index contributed by atoms with van der Waals surface area (Å²) in [5, 5.41) is 3.21. The van der Waals surface area contributed by atoms with Crippen molar-refractivity contribution in [1.82, 2.24) is 5.32 Å². The van der Waals surface area contributed by atoms with Crippen molar-refractivity contribution in [3.63, 3.8) is 0 Å². The highest BCUT2D eigenvalue weighted by Crippen LogP contribution is 2.05. The Morgan fingerprint density at radius 1 is 1.41 bits per heavy atom. The lowest BCUT2D eigenvalue weighted by atomic mass is 10.2. The average Bonchev–Trinajstić information content (AvgIpc) is 2.35. The maximum absolute atomic E-state index is 10.2. The number of carbonyl (C=O) groups is 1. The highest BCUT2D eigenvalue weighted by atomic mass is 16.1. The molecule has 0 aliphatic heterocycles. The maximum atomic E-state index is 10.2. The van der Waals surface area contributed by atoms with Crippen LogP contribution in [0, 0.1) is 0 Å². The van der Waals surface area contributed by atoms with Gasteiger partial charge in [0.05, 0.1) is 0 Å². The van der Waals surface area contributed by atoms with Gasteiger partial charge in [-0.25, -0.2) is 0 Å². The molecule has 0 aliphatic rings. The van der Waals surface area contributed by atoms with Crippen molar-refractivity contribution in [1.29, 1.82) is 0 Å². The Morgan fingerprint density at radius 2 is 2.00 bits per heavy atom. The standard InChI is InChI=1S/C12H20N2O.C2H6/c1-5-11(8-6-7-9-15)14-12(13-4)10(2)3;1-2/h5,9H,2,6-8H2,1,3-4H3,(H,13,14);1-2H3/b11-5-;. The first-order chi connectivity index (χ1) is 8.15. The van der Waals surface area contributed by atoms with E-state index in [1.165, 1.54) is 0 Å². The first-order valence-electron chi connectivity index (χ1n) is 6.14. The molecule has 0 rings (SSSR count). The van der Waals surface area contributed by atoms with E-state index in [-0.39, 0.29) is 0 Å². The number of nitrogens with zero attached hydrogens (tertiary/aromatic N) is 1. The van der Waals surface area contributed by atoms with Crippen LogP contribution in [0.25, 0.3) is 0 Å². The molecule has 0 bridgehead atoms. The van der Waals surface area contributed by atoms with Gasteiger partial charge < -0.3 is 10.1 Å². The number of aliphatic imine (C=N–C) groups is 1. The number of nitrogens with one attached hydrogen (secondary N) is 1. The summed E-state index contributed by atoms with van der Waals surface area (Å²) in [4.78, 5) is 14.3. The Bertz CT molecular complexity index is 278. The number of aldehydes is 1. The number of rotatable bonds is 6. The Kier molecular flexibility index (Phi) is 13.4. The Balaban J connectivity index is 0. The van der Waals surface area contributed by atoms with Crippen LogP contribution < -0.4 is 5.32 Å². The van der Waals surface area contributed by atoms with Crippen LogP contribution in [-0.4, -0.2) is 19.2 Å². The number of unbranched alkanes of at least 4 members (excludes halogenated alkanes) is 1. The molecule has 17 heavy (non-hydrogen) atoms. The number of hydrogen-bond acceptors (Lipinski definition) is 2. The van der Waals surface area contributed by atoms with Crippen molar-refractivity contribution in [2.45, 2.75) is 47.0 Å². The summed E-state index contributed by atoms with van der Waals surface area (Å²) in [5.74, 6) is 0.800. The first kappa shape index (κ1) is 18.0. The van der Waals surface area contributed by atoms with Gasteiger partial charge in [-0.2, -0.15) is 0 Å². The Morgan fingerprint density at radius 3 is 2.35 bits per heavy atom. The summed E-state index contributed by atoms with van der Waals surface area (Å²) in [6.07, 6.45) is 5.27. The van der Waals surface area contributed by atoms with Gasteiger partial charge in [-0.1, -0.05) is 26.5 Å². The van der Waals surface area contributed by atoms with Crippen LogP contribution in [0.4, 0.5) is 0 Å². The minimum absolute atomic E-state index is 0.602. The van der Waals surface area contributed by atoms with Crippen LogP contribution in [0.3, 0.4) is 0 Å². The number of hydrogen-bond donors (Lipinski definition) is 1. The zero-order valence-corrected chi connectivity index (χ0v) is 11.8. The van der Waals surface area contributed by atoms with Gasteiger partial charge in [0.15, 0.2) is 0 Å². The molecule has 0 spiro atoms. The van der Waals surface area contributed by atoms with Crippen LogP contribution in [0.1, 0.15) is 47.0 Å². The van der Waals surface area contributed by atoms with E-state index in [9.17, 15) is 4.79 Å². The lowest BCUT2D eigenvalue weighted by molar-refractivity contribution is -0.107. The van der Waals surface area contributed by atoms with Gasteiger partial charge in [-0.05, 0) is 32.3 Å². The van der Waals surface area contributed by atoms with E-state index in [1.807, 2.05) is 33.8 Å². The molecule has 3 heteroatoms. The molecule has 0 heterocycles.